The first-order valence-electron chi connectivity index (χ1n) is 6.14. The molecule has 1 N–H and O–H groups in total. The minimum Gasteiger partial charge on any atom is -0.459 e. The molecule has 2 aromatic rings. The van der Waals surface area contributed by atoms with Gasteiger partial charge in [-0.05, 0) is 37.5 Å². The third kappa shape index (κ3) is 3.48. The molecule has 0 aliphatic carbocycles. The second-order valence-corrected chi connectivity index (χ2v) is 4.38. The number of furan rings is 1. The number of benzene rings is 1. The minimum absolute atomic E-state index is 0.128. The van der Waals surface area contributed by atoms with Gasteiger partial charge in [0.05, 0.1) is 6.26 Å². The fourth-order valence-electron chi connectivity index (χ4n) is 1.80. The molecule has 0 spiro atoms. The highest BCUT2D eigenvalue weighted by Crippen LogP contribution is 2.06. The van der Waals surface area contributed by atoms with Crippen LogP contribution in [0.4, 0.5) is 0 Å². The molecular formula is C15H17NO2. The highest BCUT2D eigenvalue weighted by atomic mass is 16.3. The first kappa shape index (κ1) is 12.4. The molecule has 3 heteroatoms. The minimum atomic E-state index is -0.152. The topological polar surface area (TPSA) is 42.2 Å². The summed E-state index contributed by atoms with van der Waals surface area (Å²) >= 11 is 0. The van der Waals surface area contributed by atoms with Gasteiger partial charge in [-0.25, -0.2) is 0 Å². The Balaban J connectivity index is 1.79. The first-order valence-corrected chi connectivity index (χ1v) is 6.14. The van der Waals surface area contributed by atoms with Crippen LogP contribution in [-0.4, -0.2) is 11.9 Å². The maximum Gasteiger partial charge on any atom is 0.287 e. The van der Waals surface area contributed by atoms with E-state index >= 15 is 0 Å². The normalized spacial score (nSPS) is 12.1. The van der Waals surface area contributed by atoms with Crippen LogP contribution in [0.2, 0.25) is 0 Å². The van der Waals surface area contributed by atoms with Gasteiger partial charge in [0, 0.05) is 6.04 Å². The van der Waals surface area contributed by atoms with E-state index in [4.69, 9.17) is 4.42 Å². The van der Waals surface area contributed by atoms with Crippen LogP contribution in [0.5, 0.6) is 0 Å². The smallest absolute Gasteiger partial charge is 0.287 e. The summed E-state index contributed by atoms with van der Waals surface area (Å²) in [7, 11) is 0. The number of carbonyl (C=O) groups is 1. The third-order valence-corrected chi connectivity index (χ3v) is 2.83. The van der Waals surface area contributed by atoms with Gasteiger partial charge in [-0.3, -0.25) is 4.79 Å². The van der Waals surface area contributed by atoms with E-state index in [9.17, 15) is 4.79 Å². The van der Waals surface area contributed by atoms with Gasteiger partial charge < -0.3 is 9.73 Å². The monoisotopic (exact) mass is 243 g/mol. The Labute approximate surface area is 107 Å². The maximum absolute atomic E-state index is 11.7. The number of amides is 1. The van der Waals surface area contributed by atoms with E-state index in [0.29, 0.717) is 5.76 Å². The van der Waals surface area contributed by atoms with E-state index < -0.39 is 0 Å². The van der Waals surface area contributed by atoms with Crippen molar-refractivity contribution in [2.24, 2.45) is 0 Å². The molecule has 0 fully saturated rings. The zero-order valence-corrected chi connectivity index (χ0v) is 10.4. The molecule has 18 heavy (non-hydrogen) atoms. The Morgan fingerprint density at radius 1 is 1.22 bits per heavy atom. The predicted octanol–water partition coefficient (Wildman–Crippen LogP) is 3.03. The summed E-state index contributed by atoms with van der Waals surface area (Å²) < 4.78 is 5.05. The van der Waals surface area contributed by atoms with Crippen LogP contribution in [-0.2, 0) is 6.42 Å². The lowest BCUT2D eigenvalue weighted by molar-refractivity contribution is 0.0910. The molecule has 0 aliphatic heterocycles. The molecule has 0 aliphatic rings. The summed E-state index contributed by atoms with van der Waals surface area (Å²) in [5.41, 5.74) is 1.29. The van der Waals surface area contributed by atoms with Gasteiger partial charge in [-0.15, -0.1) is 0 Å². The highest BCUT2D eigenvalue weighted by Gasteiger charge is 2.11. The van der Waals surface area contributed by atoms with Crippen LogP contribution < -0.4 is 5.32 Å². The van der Waals surface area contributed by atoms with Crippen LogP contribution in [0.15, 0.2) is 53.1 Å². The number of carbonyl (C=O) groups excluding carboxylic acids is 1. The van der Waals surface area contributed by atoms with E-state index in [0.717, 1.165) is 12.8 Å². The largest absolute Gasteiger partial charge is 0.459 e. The Morgan fingerprint density at radius 3 is 2.67 bits per heavy atom. The summed E-state index contributed by atoms with van der Waals surface area (Å²) in [6.45, 7) is 2.00. The van der Waals surface area contributed by atoms with E-state index in [1.165, 1.54) is 11.8 Å². The SMILES string of the molecule is C[C@H](CCc1ccccc1)NC(=O)c1ccco1. The van der Waals surface area contributed by atoms with Gasteiger partial charge in [-0.2, -0.15) is 0 Å². The van der Waals surface area contributed by atoms with Crippen LogP contribution in [0, 0.1) is 0 Å². The summed E-state index contributed by atoms with van der Waals surface area (Å²) in [5.74, 6) is 0.210. The van der Waals surface area contributed by atoms with Gasteiger partial charge in [0.25, 0.3) is 5.91 Å². The summed E-state index contributed by atoms with van der Waals surface area (Å²) in [6, 6.07) is 13.8. The molecule has 1 heterocycles. The molecule has 1 aromatic carbocycles. The van der Waals surface area contributed by atoms with Crippen molar-refractivity contribution in [1.82, 2.24) is 5.32 Å². The molecule has 1 amide bonds. The van der Waals surface area contributed by atoms with Crippen LogP contribution >= 0.6 is 0 Å². The Hall–Kier alpha value is -2.03. The molecule has 0 saturated heterocycles. The molecule has 1 aromatic heterocycles. The summed E-state index contributed by atoms with van der Waals surface area (Å²) in [5, 5.41) is 2.92. The molecule has 3 nitrogen and oxygen atoms in total. The van der Waals surface area contributed by atoms with Crippen molar-refractivity contribution in [3.63, 3.8) is 0 Å². The number of rotatable bonds is 5. The second-order valence-electron chi connectivity index (χ2n) is 4.38. The van der Waals surface area contributed by atoms with Crippen molar-refractivity contribution in [2.75, 3.05) is 0 Å². The van der Waals surface area contributed by atoms with Gasteiger partial charge in [0.1, 0.15) is 0 Å². The summed E-state index contributed by atoms with van der Waals surface area (Å²) in [4.78, 5) is 11.7. The quantitative estimate of drug-likeness (QED) is 0.877. The number of aryl methyl sites for hydroxylation is 1. The zero-order valence-electron chi connectivity index (χ0n) is 10.4. The van der Waals surface area contributed by atoms with E-state index in [1.807, 2.05) is 25.1 Å². The van der Waals surface area contributed by atoms with Crippen molar-refractivity contribution in [3.8, 4) is 0 Å². The van der Waals surface area contributed by atoms with Crippen molar-refractivity contribution in [2.45, 2.75) is 25.8 Å². The van der Waals surface area contributed by atoms with E-state index in [1.54, 1.807) is 12.1 Å². The van der Waals surface area contributed by atoms with Gasteiger partial charge in [0.15, 0.2) is 5.76 Å². The molecule has 0 saturated carbocycles. The fourth-order valence-corrected chi connectivity index (χ4v) is 1.80. The molecule has 1 atom stereocenters. The van der Waals surface area contributed by atoms with Crippen LogP contribution in [0.25, 0.3) is 0 Å². The molecule has 0 radical (unpaired) electrons. The lowest BCUT2D eigenvalue weighted by Crippen LogP contribution is -2.32. The van der Waals surface area contributed by atoms with Crippen molar-refractivity contribution < 1.29 is 9.21 Å². The summed E-state index contributed by atoms with van der Waals surface area (Å²) in [6.07, 6.45) is 3.38. The first-order chi connectivity index (χ1) is 8.75. The number of hydrogen-bond donors (Lipinski definition) is 1. The van der Waals surface area contributed by atoms with Crippen LogP contribution in [0.3, 0.4) is 0 Å². The molecule has 94 valence electrons. The zero-order chi connectivity index (χ0) is 12.8. The Bertz CT molecular complexity index is 476. The second kappa shape index (κ2) is 6.05. The van der Waals surface area contributed by atoms with Gasteiger partial charge >= 0.3 is 0 Å². The maximum atomic E-state index is 11.7. The van der Waals surface area contributed by atoms with Gasteiger partial charge in [0.2, 0.25) is 0 Å². The van der Waals surface area contributed by atoms with Crippen molar-refractivity contribution in [3.05, 3.63) is 60.1 Å². The highest BCUT2D eigenvalue weighted by molar-refractivity contribution is 5.91. The van der Waals surface area contributed by atoms with E-state index in [2.05, 4.69) is 17.4 Å². The molecule has 0 bridgehead atoms. The standard InChI is InChI=1S/C15H17NO2/c1-12(9-10-13-6-3-2-4-7-13)16-15(17)14-8-5-11-18-14/h2-8,11-12H,9-10H2,1H3,(H,16,17)/t12-/m1/s1. The van der Waals surface area contributed by atoms with Gasteiger partial charge in [-0.1, -0.05) is 30.3 Å². The molecule has 0 unspecified atom stereocenters. The lowest BCUT2D eigenvalue weighted by atomic mass is 10.1. The number of hydrogen-bond acceptors (Lipinski definition) is 2. The molecule has 2 rings (SSSR count). The van der Waals surface area contributed by atoms with Crippen LogP contribution in [0.1, 0.15) is 29.5 Å². The Kier molecular flexibility index (Phi) is 4.18. The van der Waals surface area contributed by atoms with E-state index in [-0.39, 0.29) is 11.9 Å². The van der Waals surface area contributed by atoms with Crippen molar-refractivity contribution >= 4 is 5.91 Å². The average molecular weight is 243 g/mol. The fraction of sp³-hybridized carbons (Fsp3) is 0.267. The number of nitrogens with one attached hydrogen (secondary N) is 1. The Morgan fingerprint density at radius 2 is 2.00 bits per heavy atom. The predicted molar refractivity (Wildman–Crippen MR) is 70.4 cm³/mol. The lowest BCUT2D eigenvalue weighted by Gasteiger charge is -2.12. The third-order valence-electron chi connectivity index (χ3n) is 2.83. The molecular weight excluding hydrogens is 226 g/mol. The average Bonchev–Trinajstić information content (AvgIpc) is 2.91. The van der Waals surface area contributed by atoms with Crippen molar-refractivity contribution in [1.29, 1.82) is 0 Å².